The second-order valence-corrected chi connectivity index (χ2v) is 2.59. The molecule has 1 atom stereocenters. The van der Waals surface area contributed by atoms with Gasteiger partial charge in [0.2, 0.25) is 0 Å². The Labute approximate surface area is 63.6 Å². The minimum atomic E-state index is 0.227. The van der Waals surface area contributed by atoms with Gasteiger partial charge in [0, 0.05) is 6.04 Å². The van der Waals surface area contributed by atoms with Crippen molar-refractivity contribution in [2.24, 2.45) is 5.73 Å². The summed E-state index contributed by atoms with van der Waals surface area (Å²) in [5.74, 6) is 0. The molecule has 0 spiro atoms. The summed E-state index contributed by atoms with van der Waals surface area (Å²) < 4.78 is 0. The van der Waals surface area contributed by atoms with Crippen molar-refractivity contribution < 1.29 is 0 Å². The van der Waals surface area contributed by atoms with E-state index in [0.29, 0.717) is 0 Å². The summed E-state index contributed by atoms with van der Waals surface area (Å²) in [5, 5.41) is 0. The topological polar surface area (TPSA) is 26.0 Å². The van der Waals surface area contributed by atoms with E-state index in [1.54, 1.807) is 0 Å². The van der Waals surface area contributed by atoms with Gasteiger partial charge in [0.05, 0.1) is 0 Å². The Morgan fingerprint density at radius 2 is 2.30 bits per heavy atom. The molecule has 0 aliphatic rings. The fourth-order valence-corrected chi connectivity index (χ4v) is 0.813. The molecule has 2 N–H and O–H groups in total. The molecule has 0 bridgehead atoms. The summed E-state index contributed by atoms with van der Waals surface area (Å²) in [5.41, 5.74) is 6.96. The highest BCUT2D eigenvalue weighted by Gasteiger charge is 1.99. The molecule has 1 heteroatoms. The molecule has 0 aliphatic carbocycles. The van der Waals surface area contributed by atoms with Gasteiger partial charge in [-0.3, -0.25) is 0 Å². The van der Waals surface area contributed by atoms with Crippen LogP contribution in [0.15, 0.2) is 24.8 Å². The average molecular weight is 139 g/mol. The maximum absolute atomic E-state index is 5.73. The Morgan fingerprint density at radius 3 is 2.70 bits per heavy atom. The van der Waals surface area contributed by atoms with Gasteiger partial charge in [-0.15, -0.1) is 6.58 Å². The summed E-state index contributed by atoms with van der Waals surface area (Å²) in [6.07, 6.45) is 4.71. The van der Waals surface area contributed by atoms with Crippen molar-refractivity contribution in [3.63, 3.8) is 0 Å². The highest BCUT2D eigenvalue weighted by molar-refractivity contribution is 4.96. The van der Waals surface area contributed by atoms with Crippen LogP contribution in [0, 0.1) is 0 Å². The highest BCUT2D eigenvalue weighted by atomic mass is 14.6. The molecule has 0 radical (unpaired) electrons. The lowest BCUT2D eigenvalue weighted by atomic mass is 10.0. The zero-order valence-corrected chi connectivity index (χ0v) is 6.77. The molecule has 0 aromatic carbocycles. The Morgan fingerprint density at radius 1 is 1.70 bits per heavy atom. The lowest BCUT2D eigenvalue weighted by Crippen LogP contribution is -2.18. The Balaban J connectivity index is 3.46. The van der Waals surface area contributed by atoms with E-state index < -0.39 is 0 Å². The van der Waals surface area contributed by atoms with Crippen LogP contribution in [0.3, 0.4) is 0 Å². The molecule has 1 unspecified atom stereocenters. The first kappa shape index (κ1) is 9.44. The van der Waals surface area contributed by atoms with Gasteiger partial charge in [0.15, 0.2) is 0 Å². The van der Waals surface area contributed by atoms with Gasteiger partial charge in [-0.05, 0) is 19.3 Å². The second-order valence-electron chi connectivity index (χ2n) is 2.59. The molecule has 0 aromatic rings. The van der Waals surface area contributed by atoms with Crippen LogP contribution in [-0.4, -0.2) is 6.04 Å². The Kier molecular flexibility index (Phi) is 4.95. The first-order valence-electron chi connectivity index (χ1n) is 3.73. The van der Waals surface area contributed by atoms with E-state index in [1.165, 1.54) is 5.57 Å². The first-order valence-corrected chi connectivity index (χ1v) is 3.73. The Bertz CT molecular complexity index is 116. The highest BCUT2D eigenvalue weighted by Crippen LogP contribution is 2.07. The van der Waals surface area contributed by atoms with Crippen molar-refractivity contribution in [2.75, 3.05) is 0 Å². The van der Waals surface area contributed by atoms with Gasteiger partial charge in [-0.1, -0.05) is 25.2 Å². The smallest absolute Gasteiger partial charge is 0.0111 e. The molecule has 1 nitrogen and oxygen atoms in total. The molecule has 0 rings (SSSR count). The third-order valence-corrected chi connectivity index (χ3v) is 1.52. The monoisotopic (exact) mass is 139 g/mol. The van der Waals surface area contributed by atoms with E-state index >= 15 is 0 Å². The molecule has 0 aliphatic heterocycles. The van der Waals surface area contributed by atoms with Gasteiger partial charge in [-0.25, -0.2) is 0 Å². The molecular formula is C9H17N. The van der Waals surface area contributed by atoms with Gasteiger partial charge in [-0.2, -0.15) is 0 Å². The summed E-state index contributed by atoms with van der Waals surface area (Å²) in [6.45, 7) is 9.61. The van der Waals surface area contributed by atoms with E-state index in [9.17, 15) is 0 Å². The number of rotatable bonds is 5. The van der Waals surface area contributed by atoms with Gasteiger partial charge >= 0.3 is 0 Å². The zero-order chi connectivity index (χ0) is 7.98. The van der Waals surface area contributed by atoms with Crippen molar-refractivity contribution in [2.45, 2.75) is 32.2 Å². The fourth-order valence-electron chi connectivity index (χ4n) is 0.813. The van der Waals surface area contributed by atoms with Gasteiger partial charge in [0.1, 0.15) is 0 Å². The van der Waals surface area contributed by atoms with Crippen molar-refractivity contribution >= 4 is 0 Å². The standard InChI is InChI=1S/C9H17N/c1-4-6-9(10)7-8(3)5-2/h4,9H,1,3,5-7,10H2,2H3. The molecule has 0 heterocycles. The zero-order valence-electron chi connectivity index (χ0n) is 6.77. The number of hydrogen-bond donors (Lipinski definition) is 1. The van der Waals surface area contributed by atoms with E-state index in [0.717, 1.165) is 19.3 Å². The second kappa shape index (κ2) is 5.24. The Hall–Kier alpha value is -0.560. The minimum absolute atomic E-state index is 0.227. The van der Waals surface area contributed by atoms with Gasteiger partial charge < -0.3 is 5.73 Å². The SMILES string of the molecule is C=CCC(N)CC(=C)CC. The average Bonchev–Trinajstić information content (AvgIpc) is 1.88. The molecule has 0 fully saturated rings. The van der Waals surface area contributed by atoms with Crippen LogP contribution in [0.5, 0.6) is 0 Å². The summed E-state index contributed by atoms with van der Waals surface area (Å²) >= 11 is 0. The van der Waals surface area contributed by atoms with Crippen LogP contribution in [0.25, 0.3) is 0 Å². The molecule has 10 heavy (non-hydrogen) atoms. The van der Waals surface area contributed by atoms with E-state index in [2.05, 4.69) is 20.1 Å². The maximum atomic E-state index is 5.73. The third kappa shape index (κ3) is 4.33. The maximum Gasteiger partial charge on any atom is 0.0111 e. The van der Waals surface area contributed by atoms with Crippen molar-refractivity contribution in [1.82, 2.24) is 0 Å². The van der Waals surface area contributed by atoms with Crippen LogP contribution in [0.4, 0.5) is 0 Å². The number of hydrogen-bond acceptors (Lipinski definition) is 1. The van der Waals surface area contributed by atoms with Crippen molar-refractivity contribution in [1.29, 1.82) is 0 Å². The molecular weight excluding hydrogens is 122 g/mol. The van der Waals surface area contributed by atoms with E-state index in [1.807, 2.05) is 6.08 Å². The summed E-state index contributed by atoms with van der Waals surface area (Å²) in [7, 11) is 0. The summed E-state index contributed by atoms with van der Waals surface area (Å²) in [6, 6.07) is 0.227. The van der Waals surface area contributed by atoms with Crippen molar-refractivity contribution in [3.05, 3.63) is 24.8 Å². The van der Waals surface area contributed by atoms with Crippen LogP contribution in [0.1, 0.15) is 26.2 Å². The fraction of sp³-hybridized carbons (Fsp3) is 0.556. The van der Waals surface area contributed by atoms with Crippen LogP contribution in [0.2, 0.25) is 0 Å². The first-order chi connectivity index (χ1) is 4.70. The number of nitrogens with two attached hydrogens (primary N) is 1. The predicted molar refractivity (Wildman–Crippen MR) is 46.8 cm³/mol. The molecule has 0 saturated carbocycles. The third-order valence-electron chi connectivity index (χ3n) is 1.52. The molecule has 0 saturated heterocycles. The van der Waals surface area contributed by atoms with E-state index in [-0.39, 0.29) is 6.04 Å². The largest absolute Gasteiger partial charge is 0.327 e. The lowest BCUT2D eigenvalue weighted by molar-refractivity contribution is 0.664. The van der Waals surface area contributed by atoms with Crippen LogP contribution in [-0.2, 0) is 0 Å². The van der Waals surface area contributed by atoms with Gasteiger partial charge in [0.25, 0.3) is 0 Å². The van der Waals surface area contributed by atoms with Crippen LogP contribution < -0.4 is 5.73 Å². The lowest BCUT2D eigenvalue weighted by Gasteiger charge is -2.08. The quantitative estimate of drug-likeness (QED) is 0.581. The normalized spacial score (nSPS) is 12.6. The molecule has 0 amide bonds. The minimum Gasteiger partial charge on any atom is -0.327 e. The summed E-state index contributed by atoms with van der Waals surface area (Å²) in [4.78, 5) is 0. The van der Waals surface area contributed by atoms with Crippen LogP contribution >= 0.6 is 0 Å². The predicted octanol–water partition coefficient (Wildman–Crippen LogP) is 2.25. The molecule has 0 aromatic heterocycles. The van der Waals surface area contributed by atoms with Crippen molar-refractivity contribution in [3.8, 4) is 0 Å². The van der Waals surface area contributed by atoms with E-state index in [4.69, 9.17) is 5.73 Å². The molecule has 58 valence electrons.